The van der Waals surface area contributed by atoms with Gasteiger partial charge in [-0.1, -0.05) is 6.07 Å². The van der Waals surface area contributed by atoms with Gasteiger partial charge in [0, 0.05) is 16.9 Å². The maximum absolute atomic E-state index is 12.6. The van der Waals surface area contributed by atoms with E-state index in [-0.39, 0.29) is 0 Å². The summed E-state index contributed by atoms with van der Waals surface area (Å²) in [6.45, 7) is -0.444. The van der Waals surface area contributed by atoms with Crippen molar-refractivity contribution in [3.05, 3.63) is 54.1 Å². The Morgan fingerprint density at radius 1 is 1.18 bits per heavy atom. The lowest BCUT2D eigenvalue weighted by Crippen LogP contribution is -2.35. The third-order valence-corrected chi connectivity index (χ3v) is 3.06. The predicted molar refractivity (Wildman–Crippen MR) is 83.2 cm³/mol. The fraction of sp³-hybridized carbons (Fsp3) is 0.125. The van der Waals surface area contributed by atoms with Crippen LogP contribution in [0.15, 0.2) is 48.5 Å². The van der Waals surface area contributed by atoms with Crippen molar-refractivity contribution >= 4 is 23.3 Å². The summed E-state index contributed by atoms with van der Waals surface area (Å²) in [6.07, 6.45) is 0. The van der Waals surface area contributed by atoms with Gasteiger partial charge in [-0.05, 0) is 42.5 Å². The summed E-state index contributed by atoms with van der Waals surface area (Å²) in [7, 11) is 1.53. The van der Waals surface area contributed by atoms with Crippen LogP contribution < -0.4 is 15.4 Å². The topological polar surface area (TPSA) is 92.9 Å². The molecule has 0 spiro atoms. The van der Waals surface area contributed by atoms with Crippen molar-refractivity contribution in [1.29, 1.82) is 0 Å². The molecule has 2 aromatic carbocycles. The average Bonchev–Trinajstić information content (AvgIpc) is 2.52. The molecule has 0 aliphatic carbocycles. The maximum atomic E-state index is 12.6. The Morgan fingerprint density at radius 2 is 1.86 bits per heavy atom. The summed E-state index contributed by atoms with van der Waals surface area (Å²) in [5.74, 6) is -0.914. The normalized spacial score (nSPS) is 10.0. The van der Waals surface area contributed by atoms with Gasteiger partial charge >= 0.3 is 5.97 Å². The van der Waals surface area contributed by atoms with Crippen molar-refractivity contribution in [3.63, 3.8) is 0 Å². The second kappa shape index (κ2) is 6.62. The van der Waals surface area contributed by atoms with Crippen molar-refractivity contribution in [2.45, 2.75) is 0 Å². The molecule has 2 aromatic rings. The standard InChI is InChI=1S/C16H16N2O4/c1-22-14-7-5-13(6-8-14)18(10-15(19)20)16(21)11-3-2-4-12(17)9-11/h2-9H,10,17H2,1H3,(H,19,20). The van der Waals surface area contributed by atoms with Gasteiger partial charge in [0.2, 0.25) is 0 Å². The maximum Gasteiger partial charge on any atom is 0.323 e. The SMILES string of the molecule is COc1ccc(N(CC(=O)O)C(=O)c2cccc(N)c2)cc1. The molecule has 0 unspecified atom stereocenters. The first kappa shape index (κ1) is 15.4. The molecule has 0 fully saturated rings. The molecule has 0 saturated carbocycles. The number of ether oxygens (including phenoxy) is 1. The van der Waals surface area contributed by atoms with Crippen LogP contribution in [0.4, 0.5) is 11.4 Å². The predicted octanol–water partition coefficient (Wildman–Crippen LogP) is 2.01. The highest BCUT2D eigenvalue weighted by Crippen LogP contribution is 2.21. The van der Waals surface area contributed by atoms with E-state index in [0.29, 0.717) is 22.7 Å². The summed E-state index contributed by atoms with van der Waals surface area (Å²) >= 11 is 0. The number of hydrogen-bond acceptors (Lipinski definition) is 4. The second-order valence-corrected chi connectivity index (χ2v) is 4.61. The van der Waals surface area contributed by atoms with Gasteiger partial charge in [0.05, 0.1) is 7.11 Å². The molecule has 0 bridgehead atoms. The lowest BCUT2D eigenvalue weighted by atomic mass is 10.1. The lowest BCUT2D eigenvalue weighted by molar-refractivity contribution is -0.135. The van der Waals surface area contributed by atoms with Crippen LogP contribution in [0.3, 0.4) is 0 Å². The summed E-state index contributed by atoms with van der Waals surface area (Å²) in [5, 5.41) is 9.05. The Bertz CT molecular complexity index is 683. The fourth-order valence-electron chi connectivity index (χ4n) is 2.01. The van der Waals surface area contributed by atoms with Crippen LogP contribution in [0.2, 0.25) is 0 Å². The van der Waals surface area contributed by atoms with E-state index < -0.39 is 18.4 Å². The van der Waals surface area contributed by atoms with Crippen molar-refractivity contribution in [1.82, 2.24) is 0 Å². The van der Waals surface area contributed by atoms with Crippen LogP contribution in [0.5, 0.6) is 5.75 Å². The number of methoxy groups -OCH3 is 1. The van der Waals surface area contributed by atoms with E-state index in [0.717, 1.165) is 0 Å². The molecular weight excluding hydrogens is 284 g/mol. The first-order valence-corrected chi connectivity index (χ1v) is 6.54. The number of aliphatic carboxylic acids is 1. The van der Waals surface area contributed by atoms with Gasteiger partial charge < -0.3 is 15.6 Å². The Balaban J connectivity index is 2.36. The van der Waals surface area contributed by atoms with Crippen LogP contribution in [-0.2, 0) is 4.79 Å². The van der Waals surface area contributed by atoms with Crippen LogP contribution in [-0.4, -0.2) is 30.6 Å². The number of nitrogens with two attached hydrogens (primary N) is 1. The number of hydrogen-bond donors (Lipinski definition) is 2. The van der Waals surface area contributed by atoms with Crippen molar-refractivity contribution < 1.29 is 19.4 Å². The van der Waals surface area contributed by atoms with Crippen molar-refractivity contribution in [2.24, 2.45) is 0 Å². The van der Waals surface area contributed by atoms with E-state index in [2.05, 4.69) is 0 Å². The summed E-state index contributed by atoms with van der Waals surface area (Å²) < 4.78 is 5.05. The number of carbonyl (C=O) groups excluding carboxylic acids is 1. The number of nitrogens with zero attached hydrogens (tertiary/aromatic N) is 1. The van der Waals surface area contributed by atoms with Crippen LogP contribution in [0.1, 0.15) is 10.4 Å². The van der Waals surface area contributed by atoms with Gasteiger partial charge in [-0.2, -0.15) is 0 Å². The van der Waals surface area contributed by atoms with E-state index in [1.165, 1.54) is 18.1 Å². The molecule has 114 valence electrons. The molecule has 6 heteroatoms. The number of carbonyl (C=O) groups is 2. The van der Waals surface area contributed by atoms with Crippen LogP contribution in [0, 0.1) is 0 Å². The molecule has 0 saturated heterocycles. The number of carboxylic acids is 1. The van der Waals surface area contributed by atoms with Crippen LogP contribution >= 0.6 is 0 Å². The van der Waals surface area contributed by atoms with Gasteiger partial charge in [0.25, 0.3) is 5.91 Å². The quantitative estimate of drug-likeness (QED) is 0.824. The van der Waals surface area contributed by atoms with Crippen molar-refractivity contribution in [2.75, 3.05) is 24.3 Å². The van der Waals surface area contributed by atoms with E-state index in [9.17, 15) is 9.59 Å². The minimum atomic E-state index is -1.10. The molecule has 0 heterocycles. The van der Waals surface area contributed by atoms with Crippen LogP contribution in [0.25, 0.3) is 0 Å². The monoisotopic (exact) mass is 300 g/mol. The first-order valence-electron chi connectivity index (χ1n) is 6.54. The highest BCUT2D eigenvalue weighted by Gasteiger charge is 2.20. The third-order valence-electron chi connectivity index (χ3n) is 3.06. The molecule has 1 amide bonds. The Kier molecular flexibility index (Phi) is 4.63. The molecule has 0 aliphatic rings. The molecule has 0 aliphatic heterocycles. The van der Waals surface area contributed by atoms with Gasteiger partial charge in [-0.15, -0.1) is 0 Å². The number of nitrogen functional groups attached to an aromatic ring is 1. The molecule has 3 N–H and O–H groups in total. The summed E-state index contributed by atoms with van der Waals surface area (Å²) in [6, 6.07) is 13.0. The molecule has 6 nitrogen and oxygen atoms in total. The molecular formula is C16H16N2O4. The average molecular weight is 300 g/mol. The Morgan fingerprint density at radius 3 is 2.41 bits per heavy atom. The minimum Gasteiger partial charge on any atom is -0.497 e. The zero-order valence-corrected chi connectivity index (χ0v) is 12.0. The summed E-state index contributed by atoms with van der Waals surface area (Å²) in [5.41, 5.74) is 6.91. The number of anilines is 2. The highest BCUT2D eigenvalue weighted by atomic mass is 16.5. The van der Waals surface area contributed by atoms with E-state index in [1.54, 1.807) is 42.5 Å². The molecule has 0 radical (unpaired) electrons. The zero-order valence-electron chi connectivity index (χ0n) is 12.0. The fourth-order valence-corrected chi connectivity index (χ4v) is 2.01. The van der Waals surface area contributed by atoms with Gasteiger partial charge in [-0.25, -0.2) is 0 Å². The first-order chi connectivity index (χ1) is 10.5. The summed E-state index contributed by atoms with van der Waals surface area (Å²) in [4.78, 5) is 24.8. The molecule has 0 aromatic heterocycles. The van der Waals surface area contributed by atoms with E-state index in [4.69, 9.17) is 15.6 Å². The number of rotatable bonds is 5. The number of benzene rings is 2. The Hall–Kier alpha value is -3.02. The van der Waals surface area contributed by atoms with Gasteiger partial charge in [-0.3, -0.25) is 14.5 Å². The van der Waals surface area contributed by atoms with E-state index >= 15 is 0 Å². The second-order valence-electron chi connectivity index (χ2n) is 4.61. The number of amides is 1. The van der Waals surface area contributed by atoms with Crippen molar-refractivity contribution in [3.8, 4) is 5.75 Å². The molecule has 22 heavy (non-hydrogen) atoms. The van der Waals surface area contributed by atoms with E-state index in [1.807, 2.05) is 0 Å². The third kappa shape index (κ3) is 3.54. The smallest absolute Gasteiger partial charge is 0.323 e. The highest BCUT2D eigenvalue weighted by molar-refractivity contribution is 6.08. The minimum absolute atomic E-state index is 0.331. The largest absolute Gasteiger partial charge is 0.497 e. The van der Waals surface area contributed by atoms with Gasteiger partial charge in [0.15, 0.2) is 0 Å². The van der Waals surface area contributed by atoms with Gasteiger partial charge in [0.1, 0.15) is 12.3 Å². The number of carboxylic acid groups (broad SMARTS) is 1. The molecule has 2 rings (SSSR count). The Labute approximate surface area is 127 Å². The molecule has 0 atom stereocenters. The lowest BCUT2D eigenvalue weighted by Gasteiger charge is -2.21. The zero-order chi connectivity index (χ0) is 16.1.